The Labute approximate surface area is 142 Å². The zero-order chi connectivity index (χ0) is 18.2. The largest absolute Gasteiger partial charge is 0.478 e. The van der Waals surface area contributed by atoms with Crippen molar-refractivity contribution in [3.05, 3.63) is 58.9 Å². The van der Waals surface area contributed by atoms with Crippen LogP contribution in [0.1, 0.15) is 30.6 Å². The summed E-state index contributed by atoms with van der Waals surface area (Å²) < 4.78 is 37.0. The fraction of sp³-hybridized carbons (Fsp3) is 0.250. The van der Waals surface area contributed by atoms with Gasteiger partial charge in [-0.1, -0.05) is 26.0 Å². The van der Waals surface area contributed by atoms with E-state index < -0.39 is 11.5 Å². The highest BCUT2D eigenvalue weighted by Crippen LogP contribution is 2.38. The van der Waals surface area contributed by atoms with E-state index >= 15 is 0 Å². The minimum absolute atomic E-state index is 0.0300. The number of allylic oxidation sites excluding steroid dienone is 5. The van der Waals surface area contributed by atoms with Crippen LogP contribution >= 0.6 is 11.8 Å². The van der Waals surface area contributed by atoms with Gasteiger partial charge in [-0.2, -0.15) is 13.2 Å². The summed E-state index contributed by atoms with van der Waals surface area (Å²) in [5, 5.41) is 11.9. The number of nitrogens with zero attached hydrogens (tertiary/aromatic N) is 1. The smallest absolute Gasteiger partial charge is 0.446 e. The molecule has 0 saturated heterocycles. The highest BCUT2D eigenvalue weighted by Gasteiger charge is 2.29. The lowest BCUT2D eigenvalue weighted by Gasteiger charge is -2.08. The van der Waals surface area contributed by atoms with Gasteiger partial charge in [-0.3, -0.25) is 4.98 Å². The molecule has 0 spiro atoms. The summed E-state index contributed by atoms with van der Waals surface area (Å²) in [4.78, 5) is 15.1. The molecule has 1 aliphatic rings. The van der Waals surface area contributed by atoms with Crippen LogP contribution in [-0.4, -0.2) is 21.6 Å². The number of carbonyl (C=O) groups is 1. The van der Waals surface area contributed by atoms with Crippen LogP contribution in [-0.2, 0) is 0 Å². The first-order valence-electron chi connectivity index (χ1n) is 7.12. The van der Waals surface area contributed by atoms with Crippen LogP contribution in [0, 0.1) is 0 Å². The van der Waals surface area contributed by atoms with Gasteiger partial charge in [0, 0.05) is 11.9 Å². The SMILES string of the molecule is CC.O=C(O)c1ccncc1NC1=CC=C(SC(F)(F)F)CC=C1. The lowest BCUT2D eigenvalue weighted by atomic mass is 10.2. The first-order chi connectivity index (χ1) is 11.3. The maximum absolute atomic E-state index is 12.3. The zero-order valence-electron chi connectivity index (χ0n) is 13.1. The normalized spacial score (nSPS) is 13.9. The molecule has 0 unspecified atom stereocenters. The van der Waals surface area contributed by atoms with E-state index in [4.69, 9.17) is 5.11 Å². The Morgan fingerprint density at radius 2 is 2.04 bits per heavy atom. The van der Waals surface area contributed by atoms with Crippen molar-refractivity contribution in [2.75, 3.05) is 5.32 Å². The van der Waals surface area contributed by atoms with Gasteiger partial charge in [0.1, 0.15) is 0 Å². The standard InChI is InChI=1S/C14H11F3N2O2S.C2H6/c15-14(16,17)22-10-3-1-2-9(4-5-10)19-12-8-18-7-6-11(12)13(20)21;1-2/h1-2,4-8,19H,3H2,(H,20,21);1-2H3. The summed E-state index contributed by atoms with van der Waals surface area (Å²) in [7, 11) is 0. The first kappa shape index (κ1) is 19.8. The van der Waals surface area contributed by atoms with Crippen molar-refractivity contribution < 1.29 is 23.1 Å². The first-order valence-corrected chi connectivity index (χ1v) is 7.94. The van der Waals surface area contributed by atoms with E-state index in [0.717, 1.165) is 0 Å². The predicted octanol–water partition coefficient (Wildman–Crippen LogP) is 5.20. The Bertz CT molecular complexity index is 668. The van der Waals surface area contributed by atoms with Crippen molar-refractivity contribution in [1.82, 2.24) is 4.98 Å². The van der Waals surface area contributed by atoms with E-state index in [1.54, 1.807) is 12.2 Å². The zero-order valence-corrected chi connectivity index (χ0v) is 13.9. The van der Waals surface area contributed by atoms with E-state index in [2.05, 4.69) is 10.3 Å². The van der Waals surface area contributed by atoms with Crippen LogP contribution in [0.2, 0.25) is 0 Å². The van der Waals surface area contributed by atoms with Crippen LogP contribution < -0.4 is 5.32 Å². The highest BCUT2D eigenvalue weighted by atomic mass is 32.2. The molecule has 2 rings (SSSR count). The molecule has 0 atom stereocenters. The molecule has 2 N–H and O–H groups in total. The average Bonchev–Trinajstić information content (AvgIpc) is 2.73. The number of nitrogens with one attached hydrogen (secondary N) is 1. The van der Waals surface area contributed by atoms with Crippen LogP contribution in [0.4, 0.5) is 18.9 Å². The van der Waals surface area contributed by atoms with Crippen molar-refractivity contribution in [3.8, 4) is 0 Å². The number of pyridine rings is 1. The molecular weight excluding hydrogens is 341 g/mol. The lowest BCUT2D eigenvalue weighted by Crippen LogP contribution is -2.05. The molecule has 8 heteroatoms. The van der Waals surface area contributed by atoms with E-state index in [1.165, 1.54) is 30.6 Å². The van der Waals surface area contributed by atoms with Gasteiger partial charge in [-0.15, -0.1) is 0 Å². The highest BCUT2D eigenvalue weighted by molar-refractivity contribution is 8.03. The Balaban J connectivity index is 0.00000139. The van der Waals surface area contributed by atoms with E-state index in [0.29, 0.717) is 5.70 Å². The molecule has 0 bridgehead atoms. The van der Waals surface area contributed by atoms with Gasteiger partial charge in [-0.25, -0.2) is 4.79 Å². The molecule has 130 valence electrons. The number of rotatable bonds is 4. The van der Waals surface area contributed by atoms with E-state index in [9.17, 15) is 18.0 Å². The van der Waals surface area contributed by atoms with Gasteiger partial charge in [0.2, 0.25) is 0 Å². The van der Waals surface area contributed by atoms with E-state index in [1.807, 2.05) is 13.8 Å². The van der Waals surface area contributed by atoms with Gasteiger partial charge in [0.05, 0.1) is 17.4 Å². The average molecular weight is 358 g/mol. The Morgan fingerprint density at radius 1 is 1.33 bits per heavy atom. The number of thioether (sulfide) groups is 1. The molecule has 0 aliphatic heterocycles. The molecule has 24 heavy (non-hydrogen) atoms. The van der Waals surface area contributed by atoms with Crippen molar-refractivity contribution in [2.24, 2.45) is 0 Å². The molecule has 1 aliphatic carbocycles. The second-order valence-electron chi connectivity index (χ2n) is 4.26. The molecule has 0 amide bonds. The number of hydrogen-bond donors (Lipinski definition) is 2. The van der Waals surface area contributed by atoms with Crippen LogP contribution in [0.3, 0.4) is 0 Å². The quantitative estimate of drug-likeness (QED) is 0.775. The van der Waals surface area contributed by atoms with Gasteiger partial charge in [0.25, 0.3) is 0 Å². The number of aromatic nitrogens is 1. The maximum atomic E-state index is 12.3. The predicted molar refractivity (Wildman–Crippen MR) is 89.7 cm³/mol. The van der Waals surface area contributed by atoms with E-state index in [-0.39, 0.29) is 34.3 Å². The summed E-state index contributed by atoms with van der Waals surface area (Å²) in [6.07, 6.45) is 8.85. The Kier molecular flexibility index (Phi) is 7.57. The van der Waals surface area contributed by atoms with Gasteiger partial charge in [-0.05, 0) is 41.3 Å². The number of carboxylic acid groups (broad SMARTS) is 1. The molecule has 1 aromatic heterocycles. The topological polar surface area (TPSA) is 62.2 Å². The number of alkyl halides is 3. The summed E-state index contributed by atoms with van der Waals surface area (Å²) in [5.74, 6) is -1.12. The summed E-state index contributed by atoms with van der Waals surface area (Å²) in [6, 6.07) is 1.34. The van der Waals surface area contributed by atoms with Gasteiger partial charge >= 0.3 is 11.5 Å². The molecule has 0 saturated carbocycles. The second-order valence-corrected chi connectivity index (χ2v) is 5.45. The number of anilines is 1. The third kappa shape index (κ3) is 6.49. The van der Waals surface area contributed by atoms with Crippen molar-refractivity contribution >= 4 is 23.4 Å². The van der Waals surface area contributed by atoms with Crippen molar-refractivity contribution in [2.45, 2.75) is 25.8 Å². The second kappa shape index (κ2) is 9.17. The minimum atomic E-state index is -4.33. The minimum Gasteiger partial charge on any atom is -0.478 e. The maximum Gasteiger partial charge on any atom is 0.446 e. The number of halogens is 3. The summed E-state index contributed by atoms with van der Waals surface area (Å²) >= 11 is -0.162. The molecule has 4 nitrogen and oxygen atoms in total. The monoisotopic (exact) mass is 358 g/mol. The lowest BCUT2D eigenvalue weighted by molar-refractivity contribution is -0.0322. The number of carboxylic acids is 1. The third-order valence-corrected chi connectivity index (χ3v) is 3.44. The molecule has 0 fully saturated rings. The Morgan fingerprint density at radius 3 is 2.67 bits per heavy atom. The fourth-order valence-electron chi connectivity index (χ4n) is 1.75. The Hall–Kier alpha value is -2.22. The molecule has 1 aromatic rings. The molecular formula is C16H17F3N2O2S. The molecule has 1 heterocycles. The number of hydrogen-bond acceptors (Lipinski definition) is 4. The number of aromatic carboxylic acids is 1. The summed E-state index contributed by atoms with van der Waals surface area (Å²) in [6.45, 7) is 4.00. The fourth-order valence-corrected chi connectivity index (χ4v) is 2.37. The van der Waals surface area contributed by atoms with Crippen molar-refractivity contribution in [3.63, 3.8) is 0 Å². The van der Waals surface area contributed by atoms with Crippen LogP contribution in [0.25, 0.3) is 0 Å². The molecule has 0 radical (unpaired) electrons. The molecule has 0 aromatic carbocycles. The third-order valence-electron chi connectivity index (χ3n) is 2.64. The van der Waals surface area contributed by atoms with Gasteiger partial charge in [0.15, 0.2) is 0 Å². The van der Waals surface area contributed by atoms with Crippen LogP contribution in [0.5, 0.6) is 0 Å². The van der Waals surface area contributed by atoms with Crippen LogP contribution in [0.15, 0.2) is 53.4 Å². The summed E-state index contributed by atoms with van der Waals surface area (Å²) in [5.41, 5.74) is -3.55. The van der Waals surface area contributed by atoms with Gasteiger partial charge < -0.3 is 10.4 Å². The van der Waals surface area contributed by atoms with Crippen molar-refractivity contribution in [1.29, 1.82) is 0 Å².